The fourth-order valence-electron chi connectivity index (χ4n) is 4.28. The third-order valence-electron chi connectivity index (χ3n) is 6.21. The molecule has 7 nitrogen and oxygen atoms in total. The molecule has 0 radical (unpaired) electrons. The number of nitrogens with zero attached hydrogens (tertiary/aromatic N) is 3. The number of amidine groups is 1. The number of rotatable bonds is 6. The van der Waals surface area contributed by atoms with Crippen molar-refractivity contribution < 1.29 is 14.3 Å². The lowest BCUT2D eigenvalue weighted by Crippen LogP contribution is -2.25. The van der Waals surface area contributed by atoms with Crippen molar-refractivity contribution in [3.05, 3.63) is 94.5 Å². The number of methoxy groups -OCH3 is 1. The Kier molecular flexibility index (Phi) is 7.30. The van der Waals surface area contributed by atoms with Crippen molar-refractivity contribution in [1.29, 1.82) is 0 Å². The Morgan fingerprint density at radius 3 is 2.68 bits per heavy atom. The van der Waals surface area contributed by atoms with Crippen LogP contribution in [0.4, 0.5) is 5.69 Å². The molecule has 2 atom stereocenters. The van der Waals surface area contributed by atoms with Gasteiger partial charge in [0, 0.05) is 29.6 Å². The maximum atomic E-state index is 12.8. The average molecular weight is 533 g/mol. The van der Waals surface area contributed by atoms with Crippen LogP contribution in [0, 0.1) is 6.92 Å². The van der Waals surface area contributed by atoms with E-state index in [9.17, 15) is 9.59 Å². The Morgan fingerprint density at radius 1 is 1.14 bits per heavy atom. The number of thioether (sulfide) groups is 1. The van der Waals surface area contributed by atoms with Crippen LogP contribution in [0.1, 0.15) is 35.6 Å². The summed E-state index contributed by atoms with van der Waals surface area (Å²) < 4.78 is 5.20. The first-order chi connectivity index (χ1) is 17.9. The Labute approximate surface area is 224 Å². The van der Waals surface area contributed by atoms with E-state index in [-0.39, 0.29) is 24.3 Å². The molecule has 0 aromatic heterocycles. The minimum atomic E-state index is -0.633. The van der Waals surface area contributed by atoms with Crippen molar-refractivity contribution in [1.82, 2.24) is 5.01 Å². The number of nitrogens with one attached hydrogen (secondary N) is 1. The summed E-state index contributed by atoms with van der Waals surface area (Å²) in [4.78, 5) is 29.8. The largest absolute Gasteiger partial charge is 0.497 e. The van der Waals surface area contributed by atoms with Gasteiger partial charge in [-0.15, -0.1) is 0 Å². The van der Waals surface area contributed by atoms with E-state index < -0.39 is 5.25 Å². The molecular formula is C28H25ClN4O3S. The Balaban J connectivity index is 1.35. The second-order valence-electron chi connectivity index (χ2n) is 8.82. The maximum absolute atomic E-state index is 12.8. The summed E-state index contributed by atoms with van der Waals surface area (Å²) in [5.41, 5.74) is 4.57. The van der Waals surface area contributed by atoms with Crippen LogP contribution in [0.5, 0.6) is 5.75 Å². The van der Waals surface area contributed by atoms with Gasteiger partial charge in [0.25, 0.3) is 5.91 Å². The van der Waals surface area contributed by atoms with E-state index in [2.05, 4.69) is 10.3 Å². The molecule has 0 spiro atoms. The smallest absolute Gasteiger partial charge is 0.262 e. The van der Waals surface area contributed by atoms with Crippen LogP contribution in [0.2, 0.25) is 5.02 Å². The fraction of sp³-hybridized carbons (Fsp3) is 0.214. The molecule has 2 aliphatic heterocycles. The number of hydrogen-bond donors (Lipinski definition) is 1. The summed E-state index contributed by atoms with van der Waals surface area (Å²) in [6.07, 6.45) is 0.606. The third kappa shape index (κ3) is 5.55. The van der Waals surface area contributed by atoms with Crippen molar-refractivity contribution in [3.63, 3.8) is 0 Å². The molecule has 1 N–H and O–H groups in total. The lowest BCUT2D eigenvalue weighted by atomic mass is 9.98. The number of ether oxygens (including phenoxy) is 1. The highest BCUT2D eigenvalue weighted by atomic mass is 35.5. The predicted octanol–water partition coefficient (Wildman–Crippen LogP) is 5.83. The van der Waals surface area contributed by atoms with Gasteiger partial charge in [-0.05, 0) is 36.2 Å². The van der Waals surface area contributed by atoms with Gasteiger partial charge in [0.1, 0.15) is 11.0 Å². The number of hydrazone groups is 1. The van der Waals surface area contributed by atoms with E-state index in [1.807, 2.05) is 55.5 Å². The molecule has 37 heavy (non-hydrogen) atoms. The zero-order chi connectivity index (χ0) is 25.9. The summed E-state index contributed by atoms with van der Waals surface area (Å²) in [6, 6.07) is 22.7. The first-order valence-corrected chi connectivity index (χ1v) is 13.1. The van der Waals surface area contributed by atoms with Crippen molar-refractivity contribution >= 4 is 51.7 Å². The number of benzene rings is 3. The van der Waals surface area contributed by atoms with Gasteiger partial charge in [-0.2, -0.15) is 10.1 Å². The molecule has 188 valence electrons. The van der Waals surface area contributed by atoms with Gasteiger partial charge in [-0.1, -0.05) is 77.5 Å². The predicted molar refractivity (Wildman–Crippen MR) is 148 cm³/mol. The van der Waals surface area contributed by atoms with Crippen molar-refractivity contribution in [3.8, 4) is 5.75 Å². The van der Waals surface area contributed by atoms with Crippen molar-refractivity contribution in [2.75, 3.05) is 12.4 Å². The van der Waals surface area contributed by atoms with E-state index in [1.165, 1.54) is 17.3 Å². The van der Waals surface area contributed by atoms with E-state index >= 15 is 0 Å². The van der Waals surface area contributed by atoms with Gasteiger partial charge in [0.15, 0.2) is 5.17 Å². The fourth-order valence-corrected chi connectivity index (χ4v) is 5.60. The summed E-state index contributed by atoms with van der Waals surface area (Å²) in [5.74, 6) is 0.0118. The monoisotopic (exact) mass is 532 g/mol. The zero-order valence-electron chi connectivity index (χ0n) is 20.3. The highest BCUT2D eigenvalue weighted by molar-refractivity contribution is 8.15. The molecule has 0 saturated carbocycles. The van der Waals surface area contributed by atoms with Crippen molar-refractivity contribution in [2.24, 2.45) is 10.1 Å². The van der Waals surface area contributed by atoms with E-state index in [1.54, 1.807) is 36.4 Å². The molecule has 5 rings (SSSR count). The number of carbonyl (C=O) groups excluding carboxylic acids is 2. The van der Waals surface area contributed by atoms with Crippen LogP contribution in [0.15, 0.2) is 82.9 Å². The Morgan fingerprint density at radius 2 is 1.92 bits per heavy atom. The summed E-state index contributed by atoms with van der Waals surface area (Å²) in [7, 11) is 1.56. The number of hydrogen-bond acceptors (Lipinski definition) is 6. The molecule has 0 unspecified atom stereocenters. The topological polar surface area (TPSA) is 83.4 Å². The molecule has 9 heteroatoms. The van der Waals surface area contributed by atoms with Crippen LogP contribution in [0.25, 0.3) is 0 Å². The zero-order valence-corrected chi connectivity index (χ0v) is 21.9. The summed E-state index contributed by atoms with van der Waals surface area (Å²) in [6.45, 7) is 2.04. The average Bonchev–Trinajstić information content (AvgIpc) is 3.48. The molecule has 3 aromatic carbocycles. The minimum absolute atomic E-state index is 0.00710. The number of anilines is 1. The molecule has 2 amide bonds. The Bertz CT molecular complexity index is 1410. The second kappa shape index (κ2) is 10.8. The van der Waals surface area contributed by atoms with Crippen molar-refractivity contribution in [2.45, 2.75) is 31.1 Å². The lowest BCUT2D eigenvalue weighted by Gasteiger charge is -2.23. The number of halogens is 1. The van der Waals surface area contributed by atoms with Crippen LogP contribution >= 0.6 is 23.4 Å². The standard InChI is InChI=1S/C28H25ClN4O3S/c1-17-10-12-18(13-11-17)23-15-24(21-8-3-4-9-22(21)29)33(32-23)28-31-27(35)25(37-28)16-26(34)30-19-6-5-7-20(14-19)36-2/h3-14,24-25H,15-16H2,1-2H3,(H,30,34)/t24-,25-/m0/s1. The van der Waals surface area contributed by atoms with E-state index in [0.717, 1.165) is 16.8 Å². The highest BCUT2D eigenvalue weighted by Crippen LogP contribution is 2.40. The number of carbonyl (C=O) groups is 2. The van der Waals surface area contributed by atoms with Crippen LogP contribution < -0.4 is 10.1 Å². The third-order valence-corrected chi connectivity index (χ3v) is 7.69. The van der Waals surface area contributed by atoms with Gasteiger partial charge in [0.05, 0.1) is 18.9 Å². The van der Waals surface area contributed by atoms with E-state index in [0.29, 0.717) is 28.0 Å². The van der Waals surface area contributed by atoms with Gasteiger partial charge < -0.3 is 10.1 Å². The SMILES string of the molecule is COc1cccc(NC(=O)C[C@@H]2SC(N3N=C(c4ccc(C)cc4)C[C@H]3c3ccccc3Cl)=NC2=O)c1. The number of aliphatic imine (C=N–C) groups is 1. The molecule has 0 saturated heterocycles. The molecule has 3 aromatic rings. The first kappa shape index (κ1) is 25.0. The molecule has 0 aliphatic carbocycles. The Hall–Kier alpha value is -3.62. The van der Waals surface area contributed by atoms with Gasteiger partial charge >= 0.3 is 0 Å². The van der Waals surface area contributed by atoms with E-state index in [4.69, 9.17) is 21.4 Å². The lowest BCUT2D eigenvalue weighted by molar-refractivity contribution is -0.121. The van der Waals surface area contributed by atoms with Crippen LogP contribution in [-0.2, 0) is 9.59 Å². The minimum Gasteiger partial charge on any atom is -0.497 e. The van der Waals surface area contributed by atoms with Crippen LogP contribution in [0.3, 0.4) is 0 Å². The molecule has 0 bridgehead atoms. The normalized spacial score (nSPS) is 19.0. The van der Waals surface area contributed by atoms with Gasteiger partial charge in [0.2, 0.25) is 5.91 Å². The number of aryl methyl sites for hydroxylation is 1. The molecule has 0 fully saturated rings. The number of amides is 2. The molecular weight excluding hydrogens is 508 g/mol. The molecule has 2 aliphatic rings. The molecule has 2 heterocycles. The first-order valence-electron chi connectivity index (χ1n) is 11.8. The van der Waals surface area contributed by atoms with Crippen LogP contribution in [-0.4, -0.2) is 40.1 Å². The van der Waals surface area contributed by atoms with Gasteiger partial charge in [-0.3, -0.25) is 9.59 Å². The maximum Gasteiger partial charge on any atom is 0.262 e. The summed E-state index contributed by atoms with van der Waals surface area (Å²) in [5, 5.41) is 9.95. The summed E-state index contributed by atoms with van der Waals surface area (Å²) >= 11 is 7.82. The second-order valence-corrected chi connectivity index (χ2v) is 10.4. The highest BCUT2D eigenvalue weighted by Gasteiger charge is 2.39. The quantitative estimate of drug-likeness (QED) is 0.431. The van der Waals surface area contributed by atoms with Gasteiger partial charge in [-0.25, -0.2) is 5.01 Å².